The lowest BCUT2D eigenvalue weighted by molar-refractivity contribution is -0.00187. The third kappa shape index (κ3) is 6.30. The molecule has 2 aromatic carbocycles. The van der Waals surface area contributed by atoms with E-state index in [-0.39, 0.29) is 17.4 Å². The van der Waals surface area contributed by atoms with E-state index in [9.17, 15) is 20.4 Å². The second-order valence-corrected chi connectivity index (χ2v) is 8.19. The minimum Gasteiger partial charge on any atom is -0.508 e. The predicted molar refractivity (Wildman–Crippen MR) is 113 cm³/mol. The number of rotatable bonds is 9. The predicted octanol–water partition coefficient (Wildman–Crippen LogP) is 4.62. The van der Waals surface area contributed by atoms with Crippen molar-refractivity contribution < 1.29 is 20.4 Å². The van der Waals surface area contributed by atoms with Gasteiger partial charge in [0.2, 0.25) is 0 Å². The van der Waals surface area contributed by atoms with Gasteiger partial charge in [-0.15, -0.1) is 0 Å². The van der Waals surface area contributed by atoms with Gasteiger partial charge in [-0.05, 0) is 61.1 Å². The van der Waals surface area contributed by atoms with E-state index in [2.05, 4.69) is 5.32 Å². The van der Waals surface area contributed by atoms with Crippen LogP contribution in [0.15, 0.2) is 36.4 Å². The molecule has 28 heavy (non-hydrogen) atoms. The number of aryl methyl sites for hydroxylation is 1. The molecule has 0 aromatic heterocycles. The van der Waals surface area contributed by atoms with Crippen molar-refractivity contribution in [3.05, 3.63) is 52.5 Å². The third-order valence-corrected chi connectivity index (χ3v) is 5.10. The molecule has 0 bridgehead atoms. The zero-order valence-electron chi connectivity index (χ0n) is 16.6. The molecule has 5 N–H and O–H groups in total. The number of anilines is 1. The number of hydrogen-bond acceptors (Lipinski definition) is 5. The Morgan fingerprint density at radius 2 is 1.64 bits per heavy atom. The quantitative estimate of drug-likeness (QED) is 0.418. The Morgan fingerprint density at radius 3 is 2.21 bits per heavy atom. The number of hydrogen-bond donors (Lipinski definition) is 5. The van der Waals surface area contributed by atoms with Crippen LogP contribution in [-0.2, 0) is 0 Å². The Labute approximate surface area is 171 Å². The van der Waals surface area contributed by atoms with Crippen molar-refractivity contribution in [2.75, 3.05) is 11.9 Å². The van der Waals surface area contributed by atoms with Crippen LogP contribution < -0.4 is 5.32 Å². The second kappa shape index (κ2) is 10.0. The molecule has 2 aromatic rings. The zero-order valence-corrected chi connectivity index (χ0v) is 17.3. The summed E-state index contributed by atoms with van der Waals surface area (Å²) in [4.78, 5) is 0. The van der Waals surface area contributed by atoms with E-state index in [1.807, 2.05) is 39.0 Å². The fraction of sp³-hybridized carbons (Fsp3) is 0.455. The molecule has 0 radical (unpaired) electrons. The van der Waals surface area contributed by atoms with Gasteiger partial charge in [-0.2, -0.15) is 0 Å². The number of aliphatic hydroxyl groups is 2. The SMILES string of the molecule is Cc1ccc(NCC[C@H](O)[C@@H](CC(C)C)[C@@H](O)c2cc(O)cc(O)c2)c(Cl)c1. The highest BCUT2D eigenvalue weighted by atomic mass is 35.5. The third-order valence-electron chi connectivity index (χ3n) is 4.79. The van der Waals surface area contributed by atoms with Crippen LogP contribution in [0.2, 0.25) is 5.02 Å². The summed E-state index contributed by atoms with van der Waals surface area (Å²) >= 11 is 6.22. The molecule has 0 amide bonds. The summed E-state index contributed by atoms with van der Waals surface area (Å²) in [5, 5.41) is 44.8. The summed E-state index contributed by atoms with van der Waals surface area (Å²) in [5.74, 6) is -0.416. The number of halogens is 1. The van der Waals surface area contributed by atoms with Gasteiger partial charge >= 0.3 is 0 Å². The minimum absolute atomic E-state index is 0.123. The van der Waals surface area contributed by atoms with E-state index in [4.69, 9.17) is 11.6 Å². The number of aromatic hydroxyl groups is 2. The van der Waals surface area contributed by atoms with Gasteiger partial charge in [0.25, 0.3) is 0 Å². The Hall–Kier alpha value is -1.95. The fourth-order valence-electron chi connectivity index (χ4n) is 3.41. The van der Waals surface area contributed by atoms with Crippen molar-refractivity contribution in [2.24, 2.45) is 11.8 Å². The summed E-state index contributed by atoms with van der Waals surface area (Å²) in [6, 6.07) is 9.77. The molecule has 0 saturated heterocycles. The van der Waals surface area contributed by atoms with Crippen molar-refractivity contribution >= 4 is 17.3 Å². The zero-order chi connectivity index (χ0) is 20.8. The monoisotopic (exact) mass is 407 g/mol. The molecule has 0 unspecified atom stereocenters. The molecule has 154 valence electrons. The van der Waals surface area contributed by atoms with Crippen LogP contribution in [0.25, 0.3) is 0 Å². The molecule has 5 nitrogen and oxygen atoms in total. The van der Waals surface area contributed by atoms with E-state index in [1.165, 1.54) is 18.2 Å². The first-order chi connectivity index (χ1) is 13.2. The Morgan fingerprint density at radius 1 is 1.00 bits per heavy atom. The Balaban J connectivity index is 2.06. The van der Waals surface area contributed by atoms with E-state index in [0.29, 0.717) is 30.0 Å². The largest absolute Gasteiger partial charge is 0.508 e. The molecule has 3 atom stereocenters. The van der Waals surface area contributed by atoms with Crippen LogP contribution in [0.4, 0.5) is 5.69 Å². The number of aliphatic hydroxyl groups excluding tert-OH is 2. The molecule has 0 aliphatic rings. The standard InChI is InChI=1S/C22H30ClNO4/c1-13(2)8-18(22(28)15-10-16(25)12-17(26)11-15)21(27)6-7-24-20-5-4-14(3)9-19(20)23/h4-5,9-13,18,21-22,24-28H,6-8H2,1-3H3/t18-,21+,22+/m1/s1. The maximum Gasteiger partial charge on any atom is 0.119 e. The van der Waals surface area contributed by atoms with Crippen molar-refractivity contribution in [3.8, 4) is 11.5 Å². The second-order valence-electron chi connectivity index (χ2n) is 7.79. The summed E-state index contributed by atoms with van der Waals surface area (Å²) < 4.78 is 0. The van der Waals surface area contributed by atoms with Gasteiger partial charge in [-0.1, -0.05) is 31.5 Å². The Kier molecular flexibility index (Phi) is 7.98. The van der Waals surface area contributed by atoms with Gasteiger partial charge < -0.3 is 25.7 Å². The van der Waals surface area contributed by atoms with Crippen molar-refractivity contribution in [1.82, 2.24) is 0 Å². The maximum atomic E-state index is 10.8. The van der Waals surface area contributed by atoms with Gasteiger partial charge in [0.1, 0.15) is 11.5 Å². The smallest absolute Gasteiger partial charge is 0.119 e. The molecular weight excluding hydrogens is 378 g/mol. The first-order valence-electron chi connectivity index (χ1n) is 9.56. The molecule has 2 rings (SSSR count). The van der Waals surface area contributed by atoms with E-state index in [0.717, 1.165) is 11.3 Å². The molecule has 0 heterocycles. The molecule has 0 fully saturated rings. The molecular formula is C22H30ClNO4. The highest BCUT2D eigenvalue weighted by Crippen LogP contribution is 2.34. The molecule has 0 aliphatic heterocycles. The first kappa shape index (κ1) is 22.3. The average molecular weight is 408 g/mol. The maximum absolute atomic E-state index is 10.8. The minimum atomic E-state index is -1.00. The van der Waals surface area contributed by atoms with E-state index >= 15 is 0 Å². The lowest BCUT2D eigenvalue weighted by atomic mass is 9.83. The van der Waals surface area contributed by atoms with Crippen LogP contribution in [0.1, 0.15) is 43.9 Å². The first-order valence-corrected chi connectivity index (χ1v) is 9.94. The normalized spacial score (nSPS) is 14.7. The number of benzene rings is 2. The van der Waals surface area contributed by atoms with Gasteiger partial charge in [0, 0.05) is 18.5 Å². The lowest BCUT2D eigenvalue weighted by Gasteiger charge is -2.30. The van der Waals surface area contributed by atoms with Gasteiger partial charge in [0.15, 0.2) is 0 Å². The molecule has 0 spiro atoms. The molecule has 0 saturated carbocycles. The summed E-state index contributed by atoms with van der Waals surface area (Å²) in [6.45, 7) is 6.51. The number of phenolic OH excluding ortho intramolecular Hbond substituents is 2. The van der Waals surface area contributed by atoms with Gasteiger partial charge in [-0.25, -0.2) is 0 Å². The molecule has 0 aliphatic carbocycles. The van der Waals surface area contributed by atoms with Gasteiger partial charge in [0.05, 0.1) is 22.9 Å². The van der Waals surface area contributed by atoms with Crippen LogP contribution in [0.3, 0.4) is 0 Å². The van der Waals surface area contributed by atoms with Crippen LogP contribution in [0.5, 0.6) is 11.5 Å². The molecule has 6 heteroatoms. The van der Waals surface area contributed by atoms with Crippen molar-refractivity contribution in [3.63, 3.8) is 0 Å². The summed E-state index contributed by atoms with van der Waals surface area (Å²) in [7, 11) is 0. The van der Waals surface area contributed by atoms with Gasteiger partial charge in [-0.3, -0.25) is 0 Å². The lowest BCUT2D eigenvalue weighted by Crippen LogP contribution is -2.30. The topological polar surface area (TPSA) is 93.0 Å². The van der Waals surface area contributed by atoms with Crippen LogP contribution in [-0.4, -0.2) is 33.1 Å². The van der Waals surface area contributed by atoms with E-state index in [1.54, 1.807) is 0 Å². The van der Waals surface area contributed by atoms with Crippen molar-refractivity contribution in [1.29, 1.82) is 0 Å². The van der Waals surface area contributed by atoms with Crippen molar-refractivity contribution in [2.45, 2.75) is 45.8 Å². The fourth-order valence-corrected chi connectivity index (χ4v) is 3.71. The van der Waals surface area contributed by atoms with E-state index < -0.39 is 18.1 Å². The van der Waals surface area contributed by atoms with Crippen LogP contribution >= 0.6 is 11.6 Å². The van der Waals surface area contributed by atoms with Crippen LogP contribution in [0, 0.1) is 18.8 Å². The Bertz CT molecular complexity index is 761. The summed E-state index contributed by atoms with van der Waals surface area (Å²) in [6.07, 6.45) is -0.745. The number of nitrogens with one attached hydrogen (secondary N) is 1. The summed E-state index contributed by atoms with van der Waals surface area (Å²) in [5.41, 5.74) is 2.26. The highest BCUT2D eigenvalue weighted by molar-refractivity contribution is 6.33. The highest BCUT2D eigenvalue weighted by Gasteiger charge is 2.29. The average Bonchev–Trinajstić information content (AvgIpc) is 2.59. The number of phenols is 2.